The first kappa shape index (κ1) is 9.78. The number of primary sulfonamides is 1. The molecule has 0 amide bonds. The minimum absolute atomic E-state index is 0.0394. The van der Waals surface area contributed by atoms with Gasteiger partial charge < -0.3 is 5.73 Å². The van der Waals surface area contributed by atoms with Crippen LogP contribution in [0.1, 0.15) is 0 Å². The molecule has 7 heteroatoms. The second-order valence-electron chi connectivity index (χ2n) is 2.41. The highest BCUT2D eigenvalue weighted by Crippen LogP contribution is 2.21. The van der Waals surface area contributed by atoms with Gasteiger partial charge in [0.1, 0.15) is 4.90 Å². The van der Waals surface area contributed by atoms with Gasteiger partial charge in [0, 0.05) is 5.69 Å². The lowest BCUT2D eigenvalue weighted by atomic mass is 10.3. The Labute approximate surface area is 75.2 Å². The molecular formula is C6H9N3O3S. The first-order chi connectivity index (χ1) is 5.95. The van der Waals surface area contributed by atoms with Gasteiger partial charge in [0.2, 0.25) is 10.0 Å². The van der Waals surface area contributed by atoms with E-state index in [2.05, 4.69) is 0 Å². The van der Waals surface area contributed by atoms with E-state index in [1.54, 1.807) is 5.48 Å². The van der Waals surface area contributed by atoms with Gasteiger partial charge in [-0.05, 0) is 18.2 Å². The lowest BCUT2D eigenvalue weighted by molar-refractivity contribution is 0.387. The maximum absolute atomic E-state index is 10.9. The minimum Gasteiger partial charge on any atom is -0.399 e. The molecule has 0 bridgehead atoms. The molecular weight excluding hydrogens is 194 g/mol. The van der Waals surface area contributed by atoms with E-state index >= 15 is 0 Å². The van der Waals surface area contributed by atoms with Crippen LogP contribution in [0.15, 0.2) is 23.1 Å². The van der Waals surface area contributed by atoms with E-state index < -0.39 is 10.0 Å². The quantitative estimate of drug-likeness (QED) is 0.389. The summed E-state index contributed by atoms with van der Waals surface area (Å²) in [6.45, 7) is 0. The third-order valence-corrected chi connectivity index (χ3v) is 2.40. The van der Waals surface area contributed by atoms with E-state index in [0.29, 0.717) is 5.69 Å². The van der Waals surface area contributed by atoms with E-state index in [4.69, 9.17) is 16.1 Å². The highest BCUT2D eigenvalue weighted by Gasteiger charge is 2.13. The molecule has 72 valence electrons. The molecule has 0 radical (unpaired) electrons. The summed E-state index contributed by atoms with van der Waals surface area (Å²) in [7, 11) is -3.84. The van der Waals surface area contributed by atoms with Crippen LogP contribution in [-0.4, -0.2) is 13.6 Å². The second kappa shape index (κ2) is 3.21. The molecule has 0 spiro atoms. The zero-order valence-electron chi connectivity index (χ0n) is 6.56. The summed E-state index contributed by atoms with van der Waals surface area (Å²) in [5.74, 6) is 0. The van der Waals surface area contributed by atoms with Gasteiger partial charge in [-0.2, -0.15) is 0 Å². The molecule has 0 saturated heterocycles. The molecule has 6 N–H and O–H groups in total. The molecule has 0 heterocycles. The Bertz CT molecular complexity index is 415. The van der Waals surface area contributed by atoms with E-state index in [1.165, 1.54) is 18.2 Å². The van der Waals surface area contributed by atoms with E-state index in [1.807, 2.05) is 0 Å². The largest absolute Gasteiger partial charge is 0.399 e. The Hall–Kier alpha value is -1.31. The standard InChI is InChI=1S/C6H9N3O3S/c7-4-1-2-6(13(8,11)12)5(3-4)9-10/h1-3,9-10H,7H2,(H2,8,11,12). The van der Waals surface area contributed by atoms with Crippen molar-refractivity contribution in [3.8, 4) is 0 Å². The number of nitrogen functional groups attached to an aromatic ring is 1. The molecule has 13 heavy (non-hydrogen) atoms. The van der Waals surface area contributed by atoms with E-state index in [0.717, 1.165) is 0 Å². The van der Waals surface area contributed by atoms with Crippen LogP contribution in [0.3, 0.4) is 0 Å². The fourth-order valence-electron chi connectivity index (χ4n) is 0.883. The van der Waals surface area contributed by atoms with Crippen molar-refractivity contribution in [2.75, 3.05) is 11.2 Å². The molecule has 0 saturated carbocycles. The van der Waals surface area contributed by atoms with Crippen molar-refractivity contribution >= 4 is 21.4 Å². The second-order valence-corrected chi connectivity index (χ2v) is 3.94. The number of benzene rings is 1. The molecule has 0 aliphatic heterocycles. The summed E-state index contributed by atoms with van der Waals surface area (Å²) < 4.78 is 21.8. The number of rotatable bonds is 2. The van der Waals surface area contributed by atoms with E-state index in [-0.39, 0.29) is 10.6 Å². The van der Waals surface area contributed by atoms with E-state index in [9.17, 15) is 8.42 Å². The predicted molar refractivity (Wildman–Crippen MR) is 47.6 cm³/mol. The molecule has 0 unspecified atom stereocenters. The average molecular weight is 203 g/mol. The van der Waals surface area contributed by atoms with Crippen molar-refractivity contribution in [1.29, 1.82) is 0 Å². The first-order valence-corrected chi connectivity index (χ1v) is 4.82. The number of sulfonamides is 1. The SMILES string of the molecule is Nc1ccc(S(N)(=O)=O)c(NO)c1. The maximum atomic E-state index is 10.9. The zero-order valence-corrected chi connectivity index (χ0v) is 7.38. The molecule has 1 aromatic rings. The van der Waals surface area contributed by atoms with Crippen LogP contribution in [0.5, 0.6) is 0 Å². The van der Waals surface area contributed by atoms with Gasteiger partial charge in [0.05, 0.1) is 5.69 Å². The van der Waals surface area contributed by atoms with Crippen molar-refractivity contribution in [2.24, 2.45) is 5.14 Å². The molecule has 1 aromatic carbocycles. The minimum atomic E-state index is -3.84. The van der Waals surface area contributed by atoms with Crippen molar-refractivity contribution in [3.63, 3.8) is 0 Å². The lowest BCUT2D eigenvalue weighted by Crippen LogP contribution is -2.14. The van der Waals surface area contributed by atoms with Crippen LogP contribution in [-0.2, 0) is 10.0 Å². The van der Waals surface area contributed by atoms with Gasteiger partial charge in [-0.25, -0.2) is 13.6 Å². The van der Waals surface area contributed by atoms with Crippen LogP contribution < -0.4 is 16.4 Å². The summed E-state index contributed by atoms with van der Waals surface area (Å²) >= 11 is 0. The van der Waals surface area contributed by atoms with Gasteiger partial charge in [-0.1, -0.05) is 0 Å². The van der Waals surface area contributed by atoms with Crippen LogP contribution in [0.2, 0.25) is 0 Å². The van der Waals surface area contributed by atoms with Gasteiger partial charge in [-0.15, -0.1) is 0 Å². The first-order valence-electron chi connectivity index (χ1n) is 3.27. The molecule has 0 fully saturated rings. The highest BCUT2D eigenvalue weighted by molar-refractivity contribution is 7.89. The summed E-state index contributed by atoms with van der Waals surface area (Å²) in [5.41, 5.74) is 7.35. The van der Waals surface area contributed by atoms with Gasteiger partial charge in [0.25, 0.3) is 0 Å². The monoisotopic (exact) mass is 203 g/mol. The topological polar surface area (TPSA) is 118 Å². The number of hydrogen-bond acceptors (Lipinski definition) is 5. The van der Waals surface area contributed by atoms with Crippen molar-refractivity contribution in [3.05, 3.63) is 18.2 Å². The Balaban J connectivity index is 3.39. The van der Waals surface area contributed by atoms with Crippen molar-refractivity contribution < 1.29 is 13.6 Å². The number of nitrogens with two attached hydrogens (primary N) is 2. The molecule has 6 nitrogen and oxygen atoms in total. The Morgan fingerprint density at radius 1 is 1.38 bits per heavy atom. The Morgan fingerprint density at radius 2 is 2.00 bits per heavy atom. The van der Waals surface area contributed by atoms with Crippen LogP contribution in [0, 0.1) is 0 Å². The van der Waals surface area contributed by atoms with Gasteiger partial charge in [0.15, 0.2) is 0 Å². The predicted octanol–water partition coefficient (Wildman–Crippen LogP) is -0.283. The summed E-state index contributed by atoms with van der Waals surface area (Å²) in [6, 6.07) is 3.85. The molecule has 0 aliphatic carbocycles. The molecule has 0 atom stereocenters. The molecule has 1 rings (SSSR count). The van der Waals surface area contributed by atoms with Crippen molar-refractivity contribution in [1.82, 2.24) is 0 Å². The highest BCUT2D eigenvalue weighted by atomic mass is 32.2. The summed E-state index contributed by atoms with van der Waals surface area (Å²) in [5, 5.41) is 13.4. The van der Waals surface area contributed by atoms with Gasteiger partial charge >= 0.3 is 0 Å². The number of hydrogen-bond donors (Lipinski definition) is 4. The smallest absolute Gasteiger partial charge is 0.240 e. The number of nitrogens with one attached hydrogen (secondary N) is 1. The van der Waals surface area contributed by atoms with Crippen LogP contribution in [0.4, 0.5) is 11.4 Å². The number of anilines is 2. The fraction of sp³-hybridized carbons (Fsp3) is 0. The van der Waals surface area contributed by atoms with Crippen LogP contribution in [0.25, 0.3) is 0 Å². The fourth-order valence-corrected chi connectivity index (χ4v) is 1.55. The third-order valence-electron chi connectivity index (χ3n) is 1.43. The molecule has 0 aromatic heterocycles. The zero-order chi connectivity index (χ0) is 10.1. The maximum Gasteiger partial charge on any atom is 0.240 e. The lowest BCUT2D eigenvalue weighted by Gasteiger charge is -2.06. The summed E-state index contributed by atoms with van der Waals surface area (Å²) in [4.78, 5) is -0.204. The average Bonchev–Trinajstić information content (AvgIpc) is 2.01. The summed E-state index contributed by atoms with van der Waals surface area (Å²) in [6.07, 6.45) is 0. The molecule has 0 aliphatic rings. The van der Waals surface area contributed by atoms with Gasteiger partial charge in [-0.3, -0.25) is 10.7 Å². The Morgan fingerprint density at radius 3 is 2.46 bits per heavy atom. The van der Waals surface area contributed by atoms with Crippen molar-refractivity contribution in [2.45, 2.75) is 4.90 Å². The normalized spacial score (nSPS) is 11.2. The Kier molecular flexibility index (Phi) is 2.41. The third kappa shape index (κ3) is 2.08. The van der Waals surface area contributed by atoms with Crippen LogP contribution >= 0.6 is 0 Å².